The molecule has 0 unspecified atom stereocenters. The highest BCUT2D eigenvalue weighted by molar-refractivity contribution is 14.0. The number of hydrogen-bond acceptors (Lipinski definition) is 4. The van der Waals surface area contributed by atoms with E-state index in [1.807, 2.05) is 4.90 Å². The molecule has 0 aromatic heterocycles. The summed E-state index contributed by atoms with van der Waals surface area (Å²) in [6, 6.07) is 6.41. The molecule has 1 aliphatic heterocycles. The fourth-order valence-corrected chi connectivity index (χ4v) is 4.65. The lowest BCUT2D eigenvalue weighted by Crippen LogP contribution is -2.57. The van der Waals surface area contributed by atoms with Crippen LogP contribution in [-0.2, 0) is 9.84 Å². The van der Waals surface area contributed by atoms with Crippen molar-refractivity contribution in [1.82, 2.24) is 10.2 Å². The summed E-state index contributed by atoms with van der Waals surface area (Å²) >= 11 is 1.63. The number of aliphatic imine (C=N–C) groups is 1. The molecule has 5 nitrogen and oxygen atoms in total. The monoisotopic (exact) mass is 501 g/mol. The van der Waals surface area contributed by atoms with Crippen molar-refractivity contribution < 1.29 is 12.8 Å². The van der Waals surface area contributed by atoms with Gasteiger partial charge in [-0.3, -0.25) is 4.99 Å². The van der Waals surface area contributed by atoms with Crippen LogP contribution in [0.15, 0.2) is 34.2 Å². The molecule has 1 N–H and O–H groups in total. The van der Waals surface area contributed by atoms with Gasteiger partial charge in [-0.2, -0.15) is 0 Å². The minimum absolute atomic E-state index is 0. The third-order valence-electron chi connectivity index (χ3n) is 4.02. The van der Waals surface area contributed by atoms with Crippen molar-refractivity contribution >= 4 is 51.5 Å². The number of thioether (sulfide) groups is 1. The van der Waals surface area contributed by atoms with Crippen molar-refractivity contribution in [1.29, 1.82) is 0 Å². The SMILES string of the molecule is CN=C(NCCSc1ccc(F)cc1)N1CCS(=O)(=O)C(C)(C)C1.I. The van der Waals surface area contributed by atoms with E-state index < -0.39 is 14.6 Å². The Bertz CT molecular complexity index is 694. The Balaban J connectivity index is 0.00000312. The second-order valence-corrected chi connectivity index (χ2v) is 10.2. The smallest absolute Gasteiger partial charge is 0.193 e. The summed E-state index contributed by atoms with van der Waals surface area (Å²) in [7, 11) is -1.36. The molecule has 0 radical (unpaired) electrons. The van der Waals surface area contributed by atoms with Crippen molar-refractivity contribution in [2.24, 2.45) is 4.99 Å². The van der Waals surface area contributed by atoms with Gasteiger partial charge in [-0.25, -0.2) is 12.8 Å². The molecule has 1 heterocycles. The third-order valence-corrected chi connectivity index (χ3v) is 7.57. The Morgan fingerprint density at radius 3 is 2.56 bits per heavy atom. The molecule has 1 saturated heterocycles. The molecule has 1 aromatic carbocycles. The number of rotatable bonds is 4. The van der Waals surface area contributed by atoms with Gasteiger partial charge in [-0.1, -0.05) is 0 Å². The van der Waals surface area contributed by atoms with E-state index in [2.05, 4.69) is 10.3 Å². The Morgan fingerprint density at radius 2 is 2.00 bits per heavy atom. The molecule has 0 atom stereocenters. The van der Waals surface area contributed by atoms with E-state index in [0.29, 0.717) is 19.6 Å². The first-order valence-electron chi connectivity index (χ1n) is 7.81. The summed E-state index contributed by atoms with van der Waals surface area (Å²) in [5.74, 6) is 1.43. The van der Waals surface area contributed by atoms with Crippen LogP contribution in [-0.4, -0.2) is 62.2 Å². The van der Waals surface area contributed by atoms with E-state index in [4.69, 9.17) is 0 Å². The van der Waals surface area contributed by atoms with E-state index in [0.717, 1.165) is 16.6 Å². The van der Waals surface area contributed by atoms with Gasteiger partial charge in [0, 0.05) is 37.3 Å². The number of nitrogens with zero attached hydrogens (tertiary/aromatic N) is 2. The molecule has 0 amide bonds. The van der Waals surface area contributed by atoms with Crippen LogP contribution >= 0.6 is 35.7 Å². The highest BCUT2D eigenvalue weighted by Gasteiger charge is 2.40. The zero-order valence-electron chi connectivity index (χ0n) is 14.7. The summed E-state index contributed by atoms with van der Waals surface area (Å²) in [5.41, 5.74) is 0. The van der Waals surface area contributed by atoms with Gasteiger partial charge in [-0.15, -0.1) is 35.7 Å². The van der Waals surface area contributed by atoms with Crippen LogP contribution in [0.2, 0.25) is 0 Å². The molecule has 0 spiro atoms. The molecule has 1 aliphatic rings. The third kappa shape index (κ3) is 5.99. The Kier molecular flexibility index (Phi) is 8.46. The molecule has 2 rings (SSSR count). The number of guanidine groups is 1. The number of benzene rings is 1. The molecule has 25 heavy (non-hydrogen) atoms. The van der Waals surface area contributed by atoms with Gasteiger partial charge >= 0.3 is 0 Å². The highest BCUT2D eigenvalue weighted by atomic mass is 127. The van der Waals surface area contributed by atoms with E-state index in [1.165, 1.54) is 12.1 Å². The first-order chi connectivity index (χ1) is 11.2. The topological polar surface area (TPSA) is 61.8 Å². The van der Waals surface area contributed by atoms with Crippen LogP contribution < -0.4 is 5.32 Å². The standard InChI is InChI=1S/C16H24FN3O2S2.HI/c1-16(2)12-20(9-11-24(16,21)22)15(18-3)19-8-10-23-14-6-4-13(17)5-7-14;/h4-7H,8-12H2,1-3H3,(H,18,19);1H. The van der Waals surface area contributed by atoms with Crippen molar-refractivity contribution in [3.63, 3.8) is 0 Å². The van der Waals surface area contributed by atoms with Gasteiger partial charge in [0.1, 0.15) is 5.82 Å². The van der Waals surface area contributed by atoms with Crippen LogP contribution in [0.25, 0.3) is 0 Å². The van der Waals surface area contributed by atoms with Crippen LogP contribution in [0.3, 0.4) is 0 Å². The number of nitrogens with one attached hydrogen (secondary N) is 1. The van der Waals surface area contributed by atoms with Crippen molar-refractivity contribution in [2.45, 2.75) is 23.5 Å². The predicted octanol–water partition coefficient (Wildman–Crippen LogP) is 2.62. The first-order valence-corrected chi connectivity index (χ1v) is 10.5. The summed E-state index contributed by atoms with van der Waals surface area (Å²) < 4.78 is 36.3. The number of halogens is 2. The maximum absolute atomic E-state index is 12.9. The molecular formula is C16H25FIN3O2S2. The van der Waals surface area contributed by atoms with Gasteiger partial charge in [0.25, 0.3) is 0 Å². The molecule has 142 valence electrons. The molecule has 0 bridgehead atoms. The zero-order chi connectivity index (χ0) is 17.8. The zero-order valence-corrected chi connectivity index (χ0v) is 18.6. The summed E-state index contributed by atoms with van der Waals surface area (Å²) in [5, 5.41) is 3.27. The Hall–Kier alpha value is -0.550. The second kappa shape index (κ2) is 9.40. The van der Waals surface area contributed by atoms with Gasteiger partial charge in [0.05, 0.1) is 10.5 Å². The van der Waals surface area contributed by atoms with E-state index >= 15 is 0 Å². The van der Waals surface area contributed by atoms with Crippen LogP contribution in [0.5, 0.6) is 0 Å². The van der Waals surface area contributed by atoms with E-state index in [9.17, 15) is 12.8 Å². The van der Waals surface area contributed by atoms with Gasteiger partial charge < -0.3 is 10.2 Å². The first kappa shape index (κ1) is 22.5. The highest BCUT2D eigenvalue weighted by Crippen LogP contribution is 2.23. The maximum atomic E-state index is 12.9. The van der Waals surface area contributed by atoms with Crippen LogP contribution in [0, 0.1) is 5.82 Å². The van der Waals surface area contributed by atoms with Gasteiger partial charge in [0.15, 0.2) is 15.8 Å². The fourth-order valence-electron chi connectivity index (χ4n) is 2.52. The lowest BCUT2D eigenvalue weighted by Gasteiger charge is -2.39. The van der Waals surface area contributed by atoms with Gasteiger partial charge in [-0.05, 0) is 38.1 Å². The normalized spacial score (nSPS) is 19.2. The average Bonchev–Trinajstić information content (AvgIpc) is 2.52. The number of sulfone groups is 1. The summed E-state index contributed by atoms with van der Waals surface area (Å²) in [6.07, 6.45) is 0. The molecule has 0 saturated carbocycles. The van der Waals surface area contributed by atoms with Crippen molar-refractivity contribution in [3.05, 3.63) is 30.1 Å². The molecule has 9 heteroatoms. The average molecular weight is 501 g/mol. The molecular weight excluding hydrogens is 476 g/mol. The molecule has 1 fully saturated rings. The van der Waals surface area contributed by atoms with Crippen LogP contribution in [0.1, 0.15) is 13.8 Å². The summed E-state index contributed by atoms with van der Waals surface area (Å²) in [6.45, 7) is 5.09. The minimum atomic E-state index is -3.06. The lowest BCUT2D eigenvalue weighted by molar-refractivity contribution is 0.354. The number of hydrogen-bond donors (Lipinski definition) is 1. The lowest BCUT2D eigenvalue weighted by atomic mass is 10.2. The largest absolute Gasteiger partial charge is 0.355 e. The Morgan fingerprint density at radius 1 is 1.36 bits per heavy atom. The molecule has 0 aliphatic carbocycles. The van der Waals surface area contributed by atoms with Crippen molar-refractivity contribution in [3.8, 4) is 0 Å². The quantitative estimate of drug-likeness (QED) is 0.226. The summed E-state index contributed by atoms with van der Waals surface area (Å²) in [4.78, 5) is 7.26. The minimum Gasteiger partial charge on any atom is -0.355 e. The second-order valence-electron chi connectivity index (χ2n) is 6.28. The van der Waals surface area contributed by atoms with Crippen LogP contribution in [0.4, 0.5) is 4.39 Å². The fraction of sp³-hybridized carbons (Fsp3) is 0.562. The Labute approximate surface area is 170 Å². The predicted molar refractivity (Wildman–Crippen MR) is 113 cm³/mol. The van der Waals surface area contributed by atoms with Gasteiger partial charge in [0.2, 0.25) is 0 Å². The van der Waals surface area contributed by atoms with E-state index in [-0.39, 0.29) is 35.5 Å². The maximum Gasteiger partial charge on any atom is 0.193 e. The molecule has 1 aromatic rings. The van der Waals surface area contributed by atoms with E-state index in [1.54, 1.807) is 44.8 Å². The van der Waals surface area contributed by atoms with Crippen molar-refractivity contribution in [2.75, 3.05) is 38.2 Å².